The van der Waals surface area contributed by atoms with Crippen LogP contribution in [-0.2, 0) is 15.9 Å². The van der Waals surface area contributed by atoms with Crippen molar-refractivity contribution in [1.29, 1.82) is 0 Å². The lowest BCUT2D eigenvalue weighted by molar-refractivity contribution is -0.148. The summed E-state index contributed by atoms with van der Waals surface area (Å²) < 4.78 is 12.6. The van der Waals surface area contributed by atoms with Crippen LogP contribution in [0.5, 0.6) is 0 Å². The van der Waals surface area contributed by atoms with Crippen LogP contribution < -0.4 is 15.9 Å². The smallest absolute Gasteiger partial charge is 0.211 e. The van der Waals surface area contributed by atoms with Gasteiger partial charge in [0.1, 0.15) is 27.2 Å². The Morgan fingerprint density at radius 1 is 0.519 bits per heavy atom. The summed E-state index contributed by atoms with van der Waals surface area (Å²) in [5, 5.41) is 3.84. The van der Waals surface area contributed by atoms with Gasteiger partial charge in [-0.3, -0.25) is 0 Å². The number of halogens is 1. The molecule has 0 spiro atoms. The number of allylic oxidation sites excluding steroid dienone is 2. The van der Waals surface area contributed by atoms with Crippen LogP contribution in [0.3, 0.4) is 0 Å². The Balaban J connectivity index is 1.42. The highest BCUT2D eigenvalue weighted by molar-refractivity contribution is 8.15. The van der Waals surface area contributed by atoms with E-state index in [0.717, 1.165) is 58.2 Å². The fourth-order valence-electron chi connectivity index (χ4n) is 7.64. The molecule has 3 aromatic rings. The summed E-state index contributed by atoms with van der Waals surface area (Å²) in [6.45, 7) is 10.6. The monoisotopic (exact) mass is 776 g/mol. The average molecular weight is 777 g/mol. The molecule has 4 heteroatoms. The number of rotatable bonds is 31. The molecule has 300 valence electrons. The molecule has 3 aromatic carbocycles. The first-order valence-electron chi connectivity index (χ1n) is 22.1. The van der Waals surface area contributed by atoms with Gasteiger partial charge in [0, 0.05) is 13.2 Å². The number of ether oxygens (including phenoxy) is 2. The van der Waals surface area contributed by atoms with E-state index in [2.05, 4.69) is 114 Å². The Morgan fingerprint density at radius 3 is 1.52 bits per heavy atom. The Morgan fingerprint density at radius 2 is 0.981 bits per heavy atom. The zero-order chi connectivity index (χ0) is 38.7. The SMILES string of the molecule is CCCCCCCCCOC(CCCCC/C=C\CCCc1cccc([P+](Cl)(c2ccccc2C)c2ccccc2C)c1C)OCCCCCCCCC. The van der Waals surface area contributed by atoms with Gasteiger partial charge >= 0.3 is 0 Å². The van der Waals surface area contributed by atoms with Gasteiger partial charge in [0.15, 0.2) is 6.29 Å². The zero-order valence-corrected chi connectivity index (χ0v) is 36.8. The maximum atomic E-state index is 7.96. The second-order valence-corrected chi connectivity index (χ2v) is 19.8. The largest absolute Gasteiger partial charge is 0.353 e. The third-order valence-electron chi connectivity index (χ3n) is 11.0. The molecule has 0 aliphatic rings. The lowest BCUT2D eigenvalue weighted by Crippen LogP contribution is -2.32. The molecule has 0 N–H and O–H groups in total. The maximum absolute atomic E-state index is 7.96. The molecule has 0 saturated heterocycles. The Kier molecular flexibility index (Phi) is 24.4. The van der Waals surface area contributed by atoms with Crippen LogP contribution in [0.4, 0.5) is 0 Å². The second-order valence-electron chi connectivity index (χ2n) is 15.6. The van der Waals surface area contributed by atoms with Gasteiger partial charge in [-0.2, -0.15) is 0 Å². The van der Waals surface area contributed by atoms with E-state index in [-0.39, 0.29) is 6.29 Å². The van der Waals surface area contributed by atoms with Crippen LogP contribution in [0.15, 0.2) is 78.9 Å². The van der Waals surface area contributed by atoms with Crippen molar-refractivity contribution in [2.24, 2.45) is 0 Å². The molecule has 2 nitrogen and oxygen atoms in total. The van der Waals surface area contributed by atoms with Crippen LogP contribution in [0, 0.1) is 20.8 Å². The van der Waals surface area contributed by atoms with Crippen molar-refractivity contribution in [3.63, 3.8) is 0 Å². The molecule has 0 aromatic heterocycles. The summed E-state index contributed by atoms with van der Waals surface area (Å²) in [4.78, 5) is 0. The number of aryl methyl sites for hydroxylation is 3. The molecule has 0 bridgehead atoms. The zero-order valence-electron chi connectivity index (χ0n) is 35.2. The van der Waals surface area contributed by atoms with Gasteiger partial charge in [0.05, 0.1) is 0 Å². The van der Waals surface area contributed by atoms with Gasteiger partial charge in [0.25, 0.3) is 0 Å². The second kappa shape index (κ2) is 28.4. The van der Waals surface area contributed by atoms with Gasteiger partial charge < -0.3 is 9.47 Å². The molecule has 0 saturated carbocycles. The van der Waals surface area contributed by atoms with E-state index in [1.165, 1.54) is 134 Å². The normalized spacial score (nSPS) is 12.1. The van der Waals surface area contributed by atoms with Crippen molar-refractivity contribution >= 4 is 33.8 Å². The third kappa shape index (κ3) is 16.6. The fourth-order valence-corrected chi connectivity index (χ4v) is 12.7. The predicted octanol–water partition coefficient (Wildman–Crippen LogP) is 14.7. The number of hydrogen-bond donors (Lipinski definition) is 0. The highest BCUT2D eigenvalue weighted by Gasteiger charge is 2.48. The van der Waals surface area contributed by atoms with Crippen LogP contribution in [0.2, 0.25) is 0 Å². The number of benzene rings is 3. The Bertz CT molecular complexity index is 1370. The summed E-state index contributed by atoms with van der Waals surface area (Å²) in [6.07, 6.45) is 32.4. The lowest BCUT2D eigenvalue weighted by Gasteiger charge is -2.24. The average Bonchev–Trinajstić information content (AvgIpc) is 3.18. The van der Waals surface area contributed by atoms with E-state index in [4.69, 9.17) is 20.7 Å². The van der Waals surface area contributed by atoms with E-state index >= 15 is 0 Å². The van der Waals surface area contributed by atoms with E-state index in [1.54, 1.807) is 0 Å². The molecule has 0 unspecified atom stereocenters. The fraction of sp³-hybridized carbons (Fsp3) is 0.600. The van der Waals surface area contributed by atoms with Crippen molar-refractivity contribution in [3.05, 3.63) is 101 Å². The first kappa shape index (κ1) is 46.4. The molecular weight excluding hydrogens is 699 g/mol. The number of unbranched alkanes of at least 4 members (excludes halogenated alkanes) is 16. The Hall–Kier alpha value is -1.96. The summed E-state index contributed by atoms with van der Waals surface area (Å²) in [7, 11) is 0. The molecule has 0 atom stereocenters. The van der Waals surface area contributed by atoms with E-state index < -0.39 is 6.62 Å². The van der Waals surface area contributed by atoms with Crippen LogP contribution in [-0.4, -0.2) is 19.5 Å². The van der Waals surface area contributed by atoms with Gasteiger partial charge in [-0.1, -0.05) is 158 Å². The molecule has 0 heterocycles. The first-order valence-corrected chi connectivity index (χ1v) is 24.8. The van der Waals surface area contributed by atoms with Crippen molar-refractivity contribution in [1.82, 2.24) is 0 Å². The van der Waals surface area contributed by atoms with E-state index in [9.17, 15) is 0 Å². The summed E-state index contributed by atoms with van der Waals surface area (Å²) in [5.74, 6) is 0. The molecule has 3 rings (SSSR count). The van der Waals surface area contributed by atoms with Crippen molar-refractivity contribution < 1.29 is 9.47 Å². The van der Waals surface area contributed by atoms with Gasteiger partial charge in [-0.05, 0) is 119 Å². The van der Waals surface area contributed by atoms with E-state index in [1.807, 2.05) is 0 Å². The van der Waals surface area contributed by atoms with Crippen LogP contribution >= 0.6 is 17.9 Å². The summed E-state index contributed by atoms with van der Waals surface area (Å²) in [6, 6.07) is 24.2. The summed E-state index contributed by atoms with van der Waals surface area (Å²) >= 11 is 7.96. The topological polar surface area (TPSA) is 18.5 Å². The van der Waals surface area contributed by atoms with Gasteiger partial charge in [-0.15, -0.1) is 0 Å². The molecule has 0 fully saturated rings. The predicted molar refractivity (Wildman–Crippen MR) is 242 cm³/mol. The van der Waals surface area contributed by atoms with Crippen LogP contribution in [0.1, 0.15) is 171 Å². The standard InChI is InChI=1S/C50H77ClO2P/c1-6-8-10-12-18-22-30-41-52-50(53-42-31-23-19-13-11-9-7-2)40-25-21-17-15-14-16-20-24-35-46-36-32-39-49(45(46)5)54(51,47-37-28-26-33-43(47)3)48-38-29-27-34-44(48)4/h14,16,26-29,32-34,36-39,50H,6-13,15,17-25,30-31,35,40-42H2,1-5H3/q+1/b16-14-. The van der Waals surface area contributed by atoms with Crippen LogP contribution in [0.25, 0.3) is 0 Å². The van der Waals surface area contributed by atoms with Crippen molar-refractivity contribution in [2.75, 3.05) is 13.2 Å². The molecule has 54 heavy (non-hydrogen) atoms. The summed E-state index contributed by atoms with van der Waals surface area (Å²) in [5.41, 5.74) is 5.30. The molecule has 0 aliphatic carbocycles. The van der Waals surface area contributed by atoms with Crippen molar-refractivity contribution in [2.45, 2.75) is 182 Å². The molecule has 0 aliphatic heterocycles. The minimum Gasteiger partial charge on any atom is -0.353 e. The highest BCUT2D eigenvalue weighted by atomic mass is 35.7. The minimum atomic E-state index is -2.32. The third-order valence-corrected chi connectivity index (χ3v) is 16.2. The van der Waals surface area contributed by atoms with E-state index in [0.29, 0.717) is 0 Å². The lowest BCUT2D eigenvalue weighted by atomic mass is 10.0. The number of hydrogen-bond acceptors (Lipinski definition) is 2. The van der Waals surface area contributed by atoms with Gasteiger partial charge in [0.2, 0.25) is 6.62 Å². The van der Waals surface area contributed by atoms with Gasteiger partial charge in [-0.25, -0.2) is 0 Å². The van der Waals surface area contributed by atoms with Crippen molar-refractivity contribution in [3.8, 4) is 0 Å². The maximum Gasteiger partial charge on any atom is 0.211 e. The minimum absolute atomic E-state index is 0.0257. The molecule has 0 amide bonds. The first-order chi connectivity index (χ1) is 26.4. The Labute approximate surface area is 338 Å². The molecular formula is C50H77ClO2P+. The quantitative estimate of drug-likeness (QED) is 0.0280. The highest BCUT2D eigenvalue weighted by Crippen LogP contribution is 2.62. The molecule has 0 radical (unpaired) electrons.